The molecular weight excluding hydrogens is 276 g/mol. The van der Waals surface area contributed by atoms with Gasteiger partial charge in [-0.25, -0.2) is 0 Å². The Hall–Kier alpha value is 0.573. The maximum atomic E-state index is 2.93. The summed E-state index contributed by atoms with van der Waals surface area (Å²) in [6.45, 7) is 2.06. The molecule has 0 aliphatic rings. The van der Waals surface area contributed by atoms with Gasteiger partial charge in [-0.15, -0.1) is 24.0 Å². The molecule has 0 saturated carbocycles. The van der Waals surface area contributed by atoms with Gasteiger partial charge in [-0.3, -0.25) is 0 Å². The van der Waals surface area contributed by atoms with Gasteiger partial charge in [-0.2, -0.15) is 35.9 Å². The summed E-state index contributed by atoms with van der Waals surface area (Å²) in [5, 5.41) is 0. The van der Waals surface area contributed by atoms with Crippen molar-refractivity contribution in [3.05, 3.63) is 35.9 Å². The van der Waals surface area contributed by atoms with Crippen molar-refractivity contribution in [3.8, 4) is 0 Å². The van der Waals surface area contributed by atoms with Gasteiger partial charge in [0.2, 0.25) is 0 Å². The Morgan fingerprint density at radius 3 is 1.89 bits per heavy atom. The Bertz CT molecular complexity index is 139. The van der Waals surface area contributed by atoms with Crippen molar-refractivity contribution in [2.45, 2.75) is 6.92 Å². The average Bonchev–Trinajstić information content (AvgIpc) is 1.69. The van der Waals surface area contributed by atoms with Gasteiger partial charge in [0, 0.05) is 19.5 Å². The van der Waals surface area contributed by atoms with Gasteiger partial charge in [0.1, 0.15) is 0 Å². The summed E-state index contributed by atoms with van der Waals surface area (Å²) in [6.07, 6.45) is 0. The average molecular weight is 284 g/mol. The molecule has 0 radical (unpaired) electrons. The molecule has 0 unspecified atom stereocenters. The summed E-state index contributed by atoms with van der Waals surface area (Å²) in [5.74, 6) is 0. The normalized spacial score (nSPS) is 6.78. The van der Waals surface area contributed by atoms with E-state index in [4.69, 9.17) is 0 Å². The van der Waals surface area contributed by atoms with Crippen LogP contribution in [0.4, 0.5) is 0 Å². The van der Waals surface area contributed by atoms with Gasteiger partial charge in [0.05, 0.1) is 0 Å². The van der Waals surface area contributed by atoms with Gasteiger partial charge in [-0.05, 0) is 0 Å². The Morgan fingerprint density at radius 2 is 1.67 bits per heavy atom. The third-order valence-corrected chi connectivity index (χ3v) is 0.885. The van der Waals surface area contributed by atoms with Crippen LogP contribution in [0.2, 0.25) is 0 Å². The number of hydrogen-bond donors (Lipinski definition) is 0. The van der Waals surface area contributed by atoms with Crippen LogP contribution in [0.25, 0.3) is 0 Å². The first kappa shape index (κ1) is 12.3. The third-order valence-electron chi connectivity index (χ3n) is 0.885. The van der Waals surface area contributed by atoms with Crippen molar-refractivity contribution in [2.24, 2.45) is 0 Å². The van der Waals surface area contributed by atoms with Crippen LogP contribution in [0, 0.1) is 13.0 Å². The second-order valence-corrected chi connectivity index (χ2v) is 1.58. The summed E-state index contributed by atoms with van der Waals surface area (Å²) < 4.78 is 0. The van der Waals surface area contributed by atoms with E-state index < -0.39 is 0 Å². The molecule has 0 nitrogen and oxygen atoms in total. The third kappa shape index (κ3) is 5.04. The van der Waals surface area contributed by atoms with Crippen molar-refractivity contribution < 1.29 is 19.5 Å². The fourth-order valence-corrected chi connectivity index (χ4v) is 0.470. The SMILES string of the molecule is Cc1cc[c-]cc1.I.[Zn]. The van der Waals surface area contributed by atoms with Gasteiger partial charge < -0.3 is 0 Å². The van der Waals surface area contributed by atoms with Gasteiger partial charge in [-0.1, -0.05) is 6.92 Å². The molecule has 0 bridgehead atoms. The molecule has 0 amide bonds. The largest absolute Gasteiger partial charge is 0.184 e. The molecule has 1 rings (SSSR count). The van der Waals surface area contributed by atoms with Crippen LogP contribution in [0.5, 0.6) is 0 Å². The maximum absolute atomic E-state index is 2.93. The molecule has 0 aliphatic carbocycles. The summed E-state index contributed by atoms with van der Waals surface area (Å²) in [4.78, 5) is 0. The molecular formula is C7H8IZn-. The number of halogens is 1. The zero-order chi connectivity index (χ0) is 5.11. The first-order valence-corrected chi connectivity index (χ1v) is 2.32. The molecule has 0 aliphatic heterocycles. The molecule has 0 aromatic heterocycles. The van der Waals surface area contributed by atoms with E-state index in [1.807, 2.05) is 24.3 Å². The van der Waals surface area contributed by atoms with Crippen LogP contribution in [0.3, 0.4) is 0 Å². The fourth-order valence-electron chi connectivity index (χ4n) is 0.470. The number of aryl methyl sites for hydroxylation is 1. The topological polar surface area (TPSA) is 0 Å². The zero-order valence-corrected chi connectivity index (χ0v) is 10.7. The number of rotatable bonds is 0. The Balaban J connectivity index is 0. The van der Waals surface area contributed by atoms with Crippen LogP contribution < -0.4 is 0 Å². The second kappa shape index (κ2) is 6.69. The van der Waals surface area contributed by atoms with E-state index in [1.54, 1.807) is 0 Å². The van der Waals surface area contributed by atoms with Crippen LogP contribution in [0.1, 0.15) is 5.56 Å². The van der Waals surface area contributed by atoms with Gasteiger partial charge >= 0.3 is 0 Å². The molecule has 1 aromatic rings. The molecule has 9 heavy (non-hydrogen) atoms. The molecule has 0 spiro atoms. The first-order chi connectivity index (χ1) is 3.39. The quantitative estimate of drug-likeness (QED) is 0.390. The predicted molar refractivity (Wildman–Crippen MR) is 45.4 cm³/mol. The Kier molecular flexibility index (Phi) is 9.12. The van der Waals surface area contributed by atoms with Crippen molar-refractivity contribution in [2.75, 3.05) is 0 Å². The van der Waals surface area contributed by atoms with E-state index >= 15 is 0 Å². The molecule has 0 N–H and O–H groups in total. The van der Waals surface area contributed by atoms with Gasteiger partial charge in [0.25, 0.3) is 0 Å². The van der Waals surface area contributed by atoms with Crippen LogP contribution in [-0.2, 0) is 19.5 Å². The second-order valence-electron chi connectivity index (χ2n) is 1.58. The van der Waals surface area contributed by atoms with E-state index in [1.165, 1.54) is 5.56 Å². The molecule has 0 fully saturated rings. The van der Waals surface area contributed by atoms with Crippen LogP contribution in [0.15, 0.2) is 24.3 Å². The fraction of sp³-hybridized carbons (Fsp3) is 0.143. The number of benzene rings is 1. The van der Waals surface area contributed by atoms with Crippen molar-refractivity contribution in [1.29, 1.82) is 0 Å². The van der Waals surface area contributed by atoms with E-state index in [2.05, 4.69) is 13.0 Å². The van der Waals surface area contributed by atoms with Crippen molar-refractivity contribution in [3.63, 3.8) is 0 Å². The van der Waals surface area contributed by atoms with Crippen LogP contribution >= 0.6 is 24.0 Å². The van der Waals surface area contributed by atoms with E-state index in [-0.39, 0.29) is 43.5 Å². The predicted octanol–water partition coefficient (Wildman–Crippen LogP) is 2.41. The zero-order valence-electron chi connectivity index (χ0n) is 5.42. The van der Waals surface area contributed by atoms with Crippen molar-refractivity contribution >= 4 is 24.0 Å². The van der Waals surface area contributed by atoms with Crippen LogP contribution in [-0.4, -0.2) is 0 Å². The molecule has 0 atom stereocenters. The molecule has 0 saturated heterocycles. The summed E-state index contributed by atoms with van der Waals surface area (Å²) in [6, 6.07) is 10.8. The molecule has 46 valence electrons. The Morgan fingerprint density at radius 1 is 1.22 bits per heavy atom. The molecule has 2 heteroatoms. The maximum Gasteiger partial charge on any atom is 0 e. The smallest absolute Gasteiger partial charge is 0 e. The Labute approximate surface area is 85.8 Å². The van der Waals surface area contributed by atoms with Gasteiger partial charge in [0.15, 0.2) is 0 Å². The standard InChI is InChI=1S/C7H7.HI.Zn/c1-7-5-3-2-4-6-7;;/h3-6H,1H3;1H;/q-1;;. The summed E-state index contributed by atoms with van der Waals surface area (Å²) >= 11 is 0. The van der Waals surface area contributed by atoms with E-state index in [0.717, 1.165) is 0 Å². The molecule has 0 heterocycles. The van der Waals surface area contributed by atoms with Crippen molar-refractivity contribution in [1.82, 2.24) is 0 Å². The number of hydrogen-bond acceptors (Lipinski definition) is 0. The molecule has 1 aromatic carbocycles. The summed E-state index contributed by atoms with van der Waals surface area (Å²) in [5.41, 5.74) is 1.29. The summed E-state index contributed by atoms with van der Waals surface area (Å²) in [7, 11) is 0. The minimum Gasteiger partial charge on any atom is -0.184 e. The van der Waals surface area contributed by atoms with E-state index in [0.29, 0.717) is 0 Å². The monoisotopic (exact) mass is 283 g/mol. The minimum absolute atomic E-state index is 0. The van der Waals surface area contributed by atoms with E-state index in [9.17, 15) is 0 Å². The minimum atomic E-state index is 0. The first-order valence-electron chi connectivity index (χ1n) is 2.32.